The average Bonchev–Trinajstić information content (AvgIpc) is 3.00. The summed E-state index contributed by atoms with van der Waals surface area (Å²) in [6.07, 6.45) is 4.03. The minimum atomic E-state index is -0.642. The number of aromatic nitrogens is 2. The van der Waals surface area contributed by atoms with Gasteiger partial charge in [-0.15, -0.1) is 0 Å². The molecule has 4 rings (SSSR count). The molecule has 2 amide bonds. The molecule has 3 heterocycles. The number of carbonyl (C=O) groups is 2. The summed E-state index contributed by atoms with van der Waals surface area (Å²) in [5.41, 5.74) is 2.77. The van der Waals surface area contributed by atoms with E-state index >= 15 is 0 Å². The number of halogens is 1. The number of hydrogen-bond donors (Lipinski definition) is 2. The summed E-state index contributed by atoms with van der Waals surface area (Å²) in [6, 6.07) is 9.96. The molecule has 0 aliphatic carbocycles. The van der Waals surface area contributed by atoms with Gasteiger partial charge in [0, 0.05) is 53.4 Å². The van der Waals surface area contributed by atoms with Gasteiger partial charge in [-0.2, -0.15) is 0 Å². The highest BCUT2D eigenvalue weighted by Crippen LogP contribution is 2.32. The van der Waals surface area contributed by atoms with Gasteiger partial charge in [0.25, 0.3) is 0 Å². The SMILES string of the molecule is C[C@H](c1cn(C)c2ccc(Cl)cc12)[C@H]1NC(=O)[C@@H](Cc2ccccn2)NC1=O. The zero-order chi connectivity index (χ0) is 19.8. The molecule has 28 heavy (non-hydrogen) atoms. The molecule has 3 aromatic rings. The smallest absolute Gasteiger partial charge is 0.243 e. The van der Waals surface area contributed by atoms with E-state index in [0.29, 0.717) is 11.4 Å². The van der Waals surface area contributed by atoms with E-state index in [1.165, 1.54) is 0 Å². The number of benzene rings is 1. The van der Waals surface area contributed by atoms with Crippen molar-refractivity contribution in [1.82, 2.24) is 20.2 Å². The van der Waals surface area contributed by atoms with Crippen molar-refractivity contribution in [3.8, 4) is 0 Å². The Hall–Kier alpha value is -2.86. The largest absolute Gasteiger partial charge is 0.350 e. The van der Waals surface area contributed by atoms with Crippen LogP contribution in [0.4, 0.5) is 0 Å². The summed E-state index contributed by atoms with van der Waals surface area (Å²) in [6.45, 7) is 1.94. The fourth-order valence-electron chi connectivity index (χ4n) is 3.81. The van der Waals surface area contributed by atoms with Gasteiger partial charge >= 0.3 is 0 Å². The minimum absolute atomic E-state index is 0.188. The van der Waals surface area contributed by atoms with Gasteiger partial charge in [-0.3, -0.25) is 14.6 Å². The van der Waals surface area contributed by atoms with Crippen LogP contribution in [0.2, 0.25) is 5.02 Å². The maximum atomic E-state index is 12.8. The second-order valence-corrected chi connectivity index (χ2v) is 7.65. The van der Waals surface area contributed by atoms with Crippen LogP contribution in [-0.4, -0.2) is 33.4 Å². The number of pyridine rings is 1. The molecule has 0 radical (unpaired) electrons. The van der Waals surface area contributed by atoms with Crippen LogP contribution >= 0.6 is 11.6 Å². The van der Waals surface area contributed by atoms with Gasteiger partial charge < -0.3 is 15.2 Å². The second kappa shape index (κ2) is 7.28. The number of hydrogen-bond acceptors (Lipinski definition) is 3. The van der Waals surface area contributed by atoms with E-state index in [0.717, 1.165) is 22.2 Å². The molecule has 0 bridgehead atoms. The summed E-state index contributed by atoms with van der Waals surface area (Å²) < 4.78 is 2.00. The fourth-order valence-corrected chi connectivity index (χ4v) is 3.98. The first-order chi connectivity index (χ1) is 13.4. The predicted octanol–water partition coefficient (Wildman–Crippen LogP) is 2.56. The van der Waals surface area contributed by atoms with Crippen LogP contribution < -0.4 is 10.6 Å². The molecule has 2 N–H and O–H groups in total. The Kier molecular flexibility index (Phi) is 4.81. The Morgan fingerprint density at radius 2 is 2.00 bits per heavy atom. The Morgan fingerprint density at radius 1 is 1.18 bits per heavy atom. The first kappa shape index (κ1) is 18.5. The van der Waals surface area contributed by atoms with E-state index in [4.69, 9.17) is 11.6 Å². The summed E-state index contributed by atoms with van der Waals surface area (Å²) in [5.74, 6) is -0.589. The maximum Gasteiger partial charge on any atom is 0.243 e. The Balaban J connectivity index is 1.57. The van der Waals surface area contributed by atoms with Crippen LogP contribution in [0.5, 0.6) is 0 Å². The van der Waals surface area contributed by atoms with E-state index < -0.39 is 12.1 Å². The molecule has 1 aliphatic heterocycles. The van der Waals surface area contributed by atoms with Crippen LogP contribution in [-0.2, 0) is 23.1 Å². The third-order valence-corrected chi connectivity index (χ3v) is 5.56. The zero-order valence-electron chi connectivity index (χ0n) is 15.6. The number of amides is 2. The monoisotopic (exact) mass is 396 g/mol. The highest BCUT2D eigenvalue weighted by atomic mass is 35.5. The number of carbonyl (C=O) groups excluding carboxylic acids is 2. The maximum absolute atomic E-state index is 12.8. The van der Waals surface area contributed by atoms with Gasteiger partial charge in [0.05, 0.1) is 0 Å². The van der Waals surface area contributed by atoms with Gasteiger partial charge in [-0.05, 0) is 35.9 Å². The normalized spacial score (nSPS) is 20.7. The van der Waals surface area contributed by atoms with Crippen molar-refractivity contribution in [2.45, 2.75) is 31.3 Å². The lowest BCUT2D eigenvalue weighted by molar-refractivity contribution is -0.137. The quantitative estimate of drug-likeness (QED) is 0.711. The number of aryl methyl sites for hydroxylation is 1. The van der Waals surface area contributed by atoms with Crippen molar-refractivity contribution >= 4 is 34.3 Å². The van der Waals surface area contributed by atoms with Crippen molar-refractivity contribution < 1.29 is 9.59 Å². The summed E-state index contributed by atoms with van der Waals surface area (Å²) in [7, 11) is 1.95. The molecular formula is C21H21ClN4O2. The van der Waals surface area contributed by atoms with Gasteiger partial charge in [-0.25, -0.2) is 0 Å². The third kappa shape index (κ3) is 3.36. The lowest BCUT2D eigenvalue weighted by Crippen LogP contribution is -2.63. The molecule has 7 heteroatoms. The van der Waals surface area contributed by atoms with Crippen molar-refractivity contribution in [1.29, 1.82) is 0 Å². The third-order valence-electron chi connectivity index (χ3n) is 5.33. The van der Waals surface area contributed by atoms with E-state index in [1.54, 1.807) is 6.20 Å². The first-order valence-electron chi connectivity index (χ1n) is 9.19. The van der Waals surface area contributed by atoms with Crippen LogP contribution in [0.1, 0.15) is 24.1 Å². The van der Waals surface area contributed by atoms with Gasteiger partial charge in [0.2, 0.25) is 11.8 Å². The predicted molar refractivity (Wildman–Crippen MR) is 108 cm³/mol. The Labute approximate surface area is 167 Å². The molecule has 0 saturated carbocycles. The molecule has 0 unspecified atom stereocenters. The van der Waals surface area contributed by atoms with Gasteiger partial charge in [0.15, 0.2) is 0 Å². The van der Waals surface area contributed by atoms with Gasteiger partial charge in [-0.1, -0.05) is 24.6 Å². The van der Waals surface area contributed by atoms with Crippen LogP contribution in [0.25, 0.3) is 10.9 Å². The lowest BCUT2D eigenvalue weighted by Gasteiger charge is -2.32. The molecule has 1 aliphatic rings. The summed E-state index contributed by atoms with van der Waals surface area (Å²) in [4.78, 5) is 29.7. The van der Waals surface area contributed by atoms with E-state index in [-0.39, 0.29) is 17.7 Å². The first-order valence-corrected chi connectivity index (χ1v) is 9.57. The van der Waals surface area contributed by atoms with E-state index in [9.17, 15) is 9.59 Å². The van der Waals surface area contributed by atoms with Crippen molar-refractivity contribution in [2.75, 3.05) is 0 Å². The van der Waals surface area contributed by atoms with Crippen molar-refractivity contribution in [2.24, 2.45) is 7.05 Å². The van der Waals surface area contributed by atoms with E-state index in [1.807, 2.05) is 61.1 Å². The van der Waals surface area contributed by atoms with E-state index in [2.05, 4.69) is 15.6 Å². The summed E-state index contributed by atoms with van der Waals surface area (Å²) in [5, 5.41) is 7.38. The van der Waals surface area contributed by atoms with Crippen LogP contribution in [0.3, 0.4) is 0 Å². The highest BCUT2D eigenvalue weighted by molar-refractivity contribution is 6.31. The van der Waals surface area contributed by atoms with Crippen molar-refractivity contribution in [3.63, 3.8) is 0 Å². The molecule has 144 valence electrons. The molecule has 2 aromatic heterocycles. The lowest BCUT2D eigenvalue weighted by atomic mass is 9.90. The van der Waals surface area contributed by atoms with Crippen LogP contribution in [0.15, 0.2) is 48.8 Å². The topological polar surface area (TPSA) is 76.0 Å². The summed E-state index contributed by atoms with van der Waals surface area (Å²) >= 11 is 6.17. The Morgan fingerprint density at radius 3 is 2.75 bits per heavy atom. The number of rotatable bonds is 4. The number of piperazine rings is 1. The van der Waals surface area contributed by atoms with Gasteiger partial charge in [0.1, 0.15) is 12.1 Å². The number of nitrogens with zero attached hydrogens (tertiary/aromatic N) is 2. The average molecular weight is 397 g/mol. The molecule has 1 aromatic carbocycles. The number of fused-ring (bicyclic) bond motifs is 1. The minimum Gasteiger partial charge on any atom is -0.350 e. The second-order valence-electron chi connectivity index (χ2n) is 7.22. The Bertz CT molecular complexity index is 1050. The standard InChI is InChI=1S/C21H21ClN4O2/c1-12(16-11-26(2)18-7-6-13(22)9-15(16)18)19-21(28)24-17(20(27)25-19)10-14-5-3-4-8-23-14/h3-9,11-12,17,19H,10H2,1-2H3,(H,24,28)(H,25,27)/t12-,17-,19-/m1/s1. The number of nitrogens with one attached hydrogen (secondary N) is 2. The molecule has 0 spiro atoms. The van der Waals surface area contributed by atoms with Crippen molar-refractivity contribution in [3.05, 3.63) is 65.1 Å². The highest BCUT2D eigenvalue weighted by Gasteiger charge is 2.38. The zero-order valence-corrected chi connectivity index (χ0v) is 16.4. The molecule has 1 saturated heterocycles. The van der Waals surface area contributed by atoms with Crippen LogP contribution in [0, 0.1) is 0 Å². The molecular weight excluding hydrogens is 376 g/mol. The molecule has 1 fully saturated rings. The molecule has 3 atom stereocenters. The fraction of sp³-hybridized carbons (Fsp3) is 0.286. The molecule has 6 nitrogen and oxygen atoms in total.